The van der Waals surface area contributed by atoms with Gasteiger partial charge in [0.25, 0.3) is 0 Å². The summed E-state index contributed by atoms with van der Waals surface area (Å²) in [5, 5.41) is 9.98. The largest absolute Gasteiger partial charge is 0.393 e. The van der Waals surface area contributed by atoms with E-state index >= 15 is 0 Å². The van der Waals surface area contributed by atoms with E-state index in [-0.39, 0.29) is 6.10 Å². The molecule has 0 amide bonds. The van der Waals surface area contributed by atoms with Gasteiger partial charge in [0.15, 0.2) is 0 Å². The van der Waals surface area contributed by atoms with Crippen LogP contribution in [0.4, 0.5) is 0 Å². The highest BCUT2D eigenvalue weighted by Crippen LogP contribution is 2.61. The average molecular weight is 214 g/mol. The maximum atomic E-state index is 9.98. The molecule has 1 N–H and O–H groups in total. The van der Waals surface area contributed by atoms with Gasteiger partial charge in [0.05, 0.1) is 12.7 Å². The monoisotopic (exact) mass is 214 g/mol. The third-order valence-electron chi connectivity index (χ3n) is 4.59. The molecule has 3 rings (SSSR count). The zero-order chi connectivity index (χ0) is 11.1. The van der Waals surface area contributed by atoms with E-state index in [9.17, 15) is 5.11 Å². The van der Waals surface area contributed by atoms with Crippen LogP contribution in [0.25, 0.3) is 0 Å². The van der Waals surface area contributed by atoms with Gasteiger partial charge < -0.3 is 14.6 Å². The molecule has 3 heteroatoms. The molecule has 3 fully saturated rings. The number of hydrogen-bond donors (Lipinski definition) is 1. The smallest absolute Gasteiger partial charge is 0.146 e. The van der Waals surface area contributed by atoms with E-state index in [1.165, 1.54) is 6.42 Å². The Bertz CT molecular complexity index is 227. The van der Waals surface area contributed by atoms with Crippen LogP contribution in [0.1, 0.15) is 26.7 Å². The summed E-state index contributed by atoms with van der Waals surface area (Å²) in [7, 11) is 1.63. The van der Waals surface area contributed by atoms with Gasteiger partial charge in [-0.25, -0.2) is 0 Å². The van der Waals surface area contributed by atoms with Gasteiger partial charge in [-0.2, -0.15) is 0 Å². The van der Waals surface area contributed by atoms with Crippen LogP contribution < -0.4 is 0 Å². The van der Waals surface area contributed by atoms with E-state index in [1.807, 2.05) is 0 Å². The van der Waals surface area contributed by atoms with Gasteiger partial charge >= 0.3 is 0 Å². The molecule has 3 aliphatic rings. The first-order valence-corrected chi connectivity index (χ1v) is 5.82. The fourth-order valence-corrected chi connectivity index (χ4v) is 3.41. The number of fused-ring (bicyclic) bond motifs is 2. The first-order chi connectivity index (χ1) is 7.07. The lowest BCUT2D eigenvalue weighted by atomic mass is 9.45. The number of hydrogen-bond acceptors (Lipinski definition) is 3. The Labute approximate surface area is 91.8 Å². The van der Waals surface area contributed by atoms with Crippen molar-refractivity contribution >= 4 is 0 Å². The summed E-state index contributed by atoms with van der Waals surface area (Å²) in [5.41, 5.74) is 0.403. The maximum absolute atomic E-state index is 9.98. The molecule has 0 radical (unpaired) electrons. The number of methoxy groups -OCH3 is 1. The molecule has 0 aliphatic heterocycles. The zero-order valence-corrected chi connectivity index (χ0v) is 9.90. The van der Waals surface area contributed by atoms with Crippen molar-refractivity contribution in [3.05, 3.63) is 0 Å². The lowest BCUT2D eigenvalue weighted by Crippen LogP contribution is -2.58. The van der Waals surface area contributed by atoms with Crippen LogP contribution in [0.3, 0.4) is 0 Å². The van der Waals surface area contributed by atoms with Crippen molar-refractivity contribution in [3.8, 4) is 0 Å². The summed E-state index contributed by atoms with van der Waals surface area (Å²) in [6.45, 7) is 5.61. The minimum atomic E-state index is -0.168. The summed E-state index contributed by atoms with van der Waals surface area (Å²) in [4.78, 5) is 0. The van der Waals surface area contributed by atoms with Crippen molar-refractivity contribution in [2.45, 2.75) is 32.8 Å². The molecule has 88 valence electrons. The van der Waals surface area contributed by atoms with Crippen molar-refractivity contribution in [2.24, 2.45) is 23.2 Å². The Morgan fingerprint density at radius 1 is 1.33 bits per heavy atom. The Balaban J connectivity index is 1.91. The maximum Gasteiger partial charge on any atom is 0.146 e. The quantitative estimate of drug-likeness (QED) is 0.571. The Morgan fingerprint density at radius 3 is 2.67 bits per heavy atom. The second kappa shape index (κ2) is 4.04. The Hall–Kier alpha value is -0.120. The third kappa shape index (κ3) is 1.81. The summed E-state index contributed by atoms with van der Waals surface area (Å²) >= 11 is 0. The van der Waals surface area contributed by atoms with Crippen LogP contribution in [0, 0.1) is 23.2 Å². The summed E-state index contributed by atoms with van der Waals surface area (Å²) < 4.78 is 10.3. The molecule has 3 saturated carbocycles. The first-order valence-electron chi connectivity index (χ1n) is 5.82. The highest BCUT2D eigenvalue weighted by atomic mass is 16.7. The van der Waals surface area contributed by atoms with E-state index in [2.05, 4.69) is 13.8 Å². The highest BCUT2D eigenvalue weighted by molar-refractivity contribution is 5.06. The third-order valence-corrected chi connectivity index (χ3v) is 4.59. The molecular weight excluding hydrogens is 192 g/mol. The fraction of sp³-hybridized carbons (Fsp3) is 1.00. The minimum absolute atomic E-state index is 0.168. The molecule has 3 aliphatic carbocycles. The van der Waals surface area contributed by atoms with Crippen LogP contribution in [-0.2, 0) is 9.47 Å². The van der Waals surface area contributed by atoms with Crippen LogP contribution in [-0.4, -0.2) is 31.7 Å². The van der Waals surface area contributed by atoms with Crippen molar-refractivity contribution in [1.29, 1.82) is 0 Å². The molecule has 0 aromatic heterocycles. The van der Waals surface area contributed by atoms with Crippen LogP contribution in [0.5, 0.6) is 0 Å². The number of ether oxygens (including phenoxy) is 2. The number of rotatable bonds is 4. The second-order valence-corrected chi connectivity index (χ2v) is 5.60. The van der Waals surface area contributed by atoms with Gasteiger partial charge in [-0.3, -0.25) is 0 Å². The SMILES string of the molecule is COCOC[C@@H]1[C@H]2C[C@@H](C[C@@H]1O)C2(C)C. The zero-order valence-electron chi connectivity index (χ0n) is 9.90. The number of aliphatic hydroxyl groups is 1. The lowest BCUT2D eigenvalue weighted by molar-refractivity contribution is -0.185. The van der Waals surface area contributed by atoms with E-state index in [1.54, 1.807) is 7.11 Å². The summed E-state index contributed by atoms with van der Waals surface area (Å²) in [5.74, 6) is 1.65. The van der Waals surface area contributed by atoms with Crippen molar-refractivity contribution < 1.29 is 14.6 Å². The predicted octanol–water partition coefficient (Wildman–Crippen LogP) is 1.65. The molecule has 4 atom stereocenters. The van der Waals surface area contributed by atoms with E-state index < -0.39 is 0 Å². The van der Waals surface area contributed by atoms with E-state index in [0.717, 1.165) is 12.3 Å². The van der Waals surface area contributed by atoms with Gasteiger partial charge in [0.2, 0.25) is 0 Å². The molecular formula is C12H22O3. The first kappa shape index (κ1) is 11.4. The van der Waals surface area contributed by atoms with Crippen molar-refractivity contribution in [3.63, 3.8) is 0 Å². The molecule has 2 bridgehead atoms. The van der Waals surface area contributed by atoms with Crippen LogP contribution in [0.2, 0.25) is 0 Å². The van der Waals surface area contributed by atoms with Crippen LogP contribution in [0.15, 0.2) is 0 Å². The van der Waals surface area contributed by atoms with Gasteiger partial charge in [0, 0.05) is 13.0 Å². The minimum Gasteiger partial charge on any atom is -0.393 e. The predicted molar refractivity (Wildman–Crippen MR) is 57.3 cm³/mol. The molecule has 0 unspecified atom stereocenters. The van der Waals surface area contributed by atoms with Gasteiger partial charge in [0.1, 0.15) is 6.79 Å². The molecule has 0 aromatic carbocycles. The van der Waals surface area contributed by atoms with E-state index in [0.29, 0.717) is 30.7 Å². The Morgan fingerprint density at radius 2 is 2.07 bits per heavy atom. The standard InChI is InChI=1S/C12H22O3/c1-12(2)8-4-10(12)9(11(13)5-8)6-15-7-14-3/h8-11,13H,4-7H2,1-3H3/t8-,9+,10+,11-/m0/s1. The van der Waals surface area contributed by atoms with Crippen LogP contribution >= 0.6 is 0 Å². The normalized spacial score (nSPS) is 42.4. The molecule has 0 saturated heterocycles. The summed E-state index contributed by atoms with van der Waals surface area (Å²) in [6, 6.07) is 0. The molecule has 0 spiro atoms. The molecule has 3 nitrogen and oxygen atoms in total. The summed E-state index contributed by atoms with van der Waals surface area (Å²) in [6.07, 6.45) is 2.05. The lowest BCUT2D eigenvalue weighted by Gasteiger charge is -2.61. The molecule has 15 heavy (non-hydrogen) atoms. The topological polar surface area (TPSA) is 38.7 Å². The van der Waals surface area contributed by atoms with Crippen molar-refractivity contribution in [1.82, 2.24) is 0 Å². The average Bonchev–Trinajstić information content (AvgIpc) is 2.20. The highest BCUT2D eigenvalue weighted by Gasteiger charge is 2.57. The van der Waals surface area contributed by atoms with E-state index in [4.69, 9.17) is 9.47 Å². The number of aliphatic hydroxyl groups excluding tert-OH is 1. The van der Waals surface area contributed by atoms with Gasteiger partial charge in [-0.1, -0.05) is 13.8 Å². The Kier molecular flexibility index (Phi) is 3.06. The van der Waals surface area contributed by atoms with Gasteiger partial charge in [-0.05, 0) is 30.1 Å². The van der Waals surface area contributed by atoms with Crippen molar-refractivity contribution in [2.75, 3.05) is 20.5 Å². The molecule has 0 heterocycles. The fourth-order valence-electron chi connectivity index (χ4n) is 3.41. The van der Waals surface area contributed by atoms with Gasteiger partial charge in [-0.15, -0.1) is 0 Å². The molecule has 0 aromatic rings. The second-order valence-electron chi connectivity index (χ2n) is 5.60.